The Kier molecular flexibility index (Phi) is 5.56. The first kappa shape index (κ1) is 21.2. The van der Waals surface area contributed by atoms with E-state index in [9.17, 15) is 14.0 Å². The number of furan rings is 1. The number of nitrogens with one attached hydrogen (secondary N) is 2. The van der Waals surface area contributed by atoms with E-state index < -0.39 is 5.82 Å². The molecular formula is C26H24FN3O3. The van der Waals surface area contributed by atoms with Crippen LogP contribution >= 0.6 is 0 Å². The number of hydrogen-bond donors (Lipinski definition) is 2. The molecule has 1 atom stereocenters. The average molecular weight is 445 g/mol. The van der Waals surface area contributed by atoms with E-state index in [4.69, 9.17) is 4.42 Å². The zero-order chi connectivity index (χ0) is 22.9. The van der Waals surface area contributed by atoms with E-state index in [2.05, 4.69) is 22.6 Å². The summed E-state index contributed by atoms with van der Waals surface area (Å²) in [5.74, 6) is 0.0931. The van der Waals surface area contributed by atoms with Crippen molar-refractivity contribution in [3.8, 4) is 11.3 Å². The maximum atomic E-state index is 13.7. The average Bonchev–Trinajstić information content (AvgIpc) is 3.38. The molecule has 2 N–H and O–H groups in total. The first-order valence-corrected chi connectivity index (χ1v) is 11.0. The van der Waals surface area contributed by atoms with Gasteiger partial charge in [0, 0.05) is 29.4 Å². The zero-order valence-electron chi connectivity index (χ0n) is 18.2. The van der Waals surface area contributed by atoms with Crippen molar-refractivity contribution in [1.29, 1.82) is 0 Å². The number of nitrogens with zero attached hydrogens (tertiary/aromatic N) is 1. The summed E-state index contributed by atoms with van der Waals surface area (Å²) in [6.07, 6.45) is 3.60. The molecule has 33 heavy (non-hydrogen) atoms. The maximum Gasteiger partial charge on any atom is 0.256 e. The molecule has 1 saturated heterocycles. The lowest BCUT2D eigenvalue weighted by atomic mass is 10.0. The summed E-state index contributed by atoms with van der Waals surface area (Å²) in [5.41, 5.74) is 2.60. The van der Waals surface area contributed by atoms with Crippen LogP contribution in [0.2, 0.25) is 0 Å². The maximum absolute atomic E-state index is 13.7. The summed E-state index contributed by atoms with van der Waals surface area (Å²) in [7, 11) is 2.06. The smallest absolute Gasteiger partial charge is 0.256 e. The number of fused-ring (bicyclic) bond motifs is 1. The van der Waals surface area contributed by atoms with E-state index in [0.717, 1.165) is 25.9 Å². The lowest BCUT2D eigenvalue weighted by Gasteiger charge is -2.30. The molecule has 0 saturated carbocycles. The van der Waals surface area contributed by atoms with Crippen LogP contribution in [0.3, 0.4) is 0 Å². The van der Waals surface area contributed by atoms with Crippen LogP contribution in [0, 0.1) is 5.82 Å². The Balaban J connectivity index is 1.41. The number of benzene rings is 2. The third-order valence-electron chi connectivity index (χ3n) is 6.07. The first-order valence-electron chi connectivity index (χ1n) is 11.0. The Morgan fingerprint density at radius 1 is 1.18 bits per heavy atom. The monoisotopic (exact) mass is 445 g/mol. The van der Waals surface area contributed by atoms with E-state index in [1.807, 2.05) is 18.2 Å². The van der Waals surface area contributed by atoms with E-state index >= 15 is 0 Å². The largest absolute Gasteiger partial charge is 0.457 e. The van der Waals surface area contributed by atoms with Gasteiger partial charge in [-0.05, 0) is 68.9 Å². The second-order valence-electron chi connectivity index (χ2n) is 8.52. The summed E-state index contributed by atoms with van der Waals surface area (Å²) in [5, 5.41) is 5.87. The molecule has 2 amide bonds. The highest BCUT2D eigenvalue weighted by atomic mass is 19.1. The SMILES string of the molecule is CN1CCCC(NC(=O)c2ccccc2-c2ccc(C=C3C(=O)Nc4ccc(F)cc43)o2)C1. The number of carbonyl (C=O) groups is 2. The number of rotatable bonds is 4. The number of likely N-dealkylation sites (tertiary alicyclic amines) is 1. The highest BCUT2D eigenvalue weighted by Crippen LogP contribution is 2.35. The molecule has 168 valence electrons. The normalized spacial score (nSPS) is 19.4. The van der Waals surface area contributed by atoms with Gasteiger partial charge in [0.2, 0.25) is 0 Å². The Hall–Kier alpha value is -3.71. The summed E-state index contributed by atoms with van der Waals surface area (Å²) >= 11 is 0. The number of piperidine rings is 1. The van der Waals surface area contributed by atoms with Crippen LogP contribution in [0.4, 0.5) is 10.1 Å². The topological polar surface area (TPSA) is 74.6 Å². The summed E-state index contributed by atoms with van der Waals surface area (Å²) in [6, 6.07) is 15.1. The lowest BCUT2D eigenvalue weighted by Crippen LogP contribution is -2.46. The molecular weight excluding hydrogens is 421 g/mol. The quantitative estimate of drug-likeness (QED) is 0.584. The number of halogens is 1. The van der Waals surface area contributed by atoms with Gasteiger partial charge < -0.3 is 20.0 Å². The predicted octanol–water partition coefficient (Wildman–Crippen LogP) is 4.40. The molecule has 0 spiro atoms. The summed E-state index contributed by atoms with van der Waals surface area (Å²) in [6.45, 7) is 1.87. The Morgan fingerprint density at radius 3 is 2.88 bits per heavy atom. The van der Waals surface area contributed by atoms with E-state index in [1.54, 1.807) is 24.3 Å². The minimum atomic E-state index is -0.416. The first-order chi connectivity index (χ1) is 16.0. The van der Waals surface area contributed by atoms with Crippen LogP contribution in [-0.2, 0) is 4.79 Å². The van der Waals surface area contributed by atoms with Crippen LogP contribution in [0.25, 0.3) is 23.0 Å². The van der Waals surface area contributed by atoms with Gasteiger partial charge in [-0.1, -0.05) is 18.2 Å². The van der Waals surface area contributed by atoms with Crippen LogP contribution < -0.4 is 10.6 Å². The Bertz CT molecular complexity index is 1260. The highest BCUT2D eigenvalue weighted by molar-refractivity contribution is 6.34. The fourth-order valence-electron chi connectivity index (χ4n) is 4.46. The highest BCUT2D eigenvalue weighted by Gasteiger charge is 2.25. The van der Waals surface area contributed by atoms with Crippen molar-refractivity contribution in [2.75, 3.05) is 25.5 Å². The van der Waals surface area contributed by atoms with Gasteiger partial charge >= 0.3 is 0 Å². The van der Waals surface area contributed by atoms with E-state index in [-0.39, 0.29) is 17.9 Å². The van der Waals surface area contributed by atoms with Crippen molar-refractivity contribution in [3.05, 3.63) is 77.3 Å². The zero-order valence-corrected chi connectivity index (χ0v) is 18.2. The number of amides is 2. The van der Waals surface area contributed by atoms with Gasteiger partial charge in [0.15, 0.2) is 0 Å². The van der Waals surface area contributed by atoms with Crippen LogP contribution in [0.5, 0.6) is 0 Å². The standard InChI is InChI=1S/C26H24FN3O3/c1-30-12-4-5-17(15-30)28-25(31)20-7-3-2-6-19(20)24-11-9-18(33-24)14-22-21-13-16(27)8-10-23(21)29-26(22)32/h2-3,6-11,13-14,17H,4-5,12,15H2,1H3,(H,28,31)(H,29,32). The third-order valence-corrected chi connectivity index (χ3v) is 6.07. The van der Waals surface area contributed by atoms with E-state index in [0.29, 0.717) is 39.5 Å². The molecule has 0 bridgehead atoms. The van der Waals surface area contributed by atoms with Crippen molar-refractivity contribution in [3.63, 3.8) is 0 Å². The van der Waals surface area contributed by atoms with Gasteiger partial charge in [-0.15, -0.1) is 0 Å². The Labute approximate surface area is 191 Å². The van der Waals surface area contributed by atoms with Crippen LogP contribution in [-0.4, -0.2) is 42.9 Å². The minimum absolute atomic E-state index is 0.113. The van der Waals surface area contributed by atoms with Crippen molar-refractivity contribution in [2.45, 2.75) is 18.9 Å². The predicted molar refractivity (Wildman–Crippen MR) is 125 cm³/mol. The van der Waals surface area contributed by atoms with Crippen LogP contribution in [0.1, 0.15) is 34.5 Å². The molecule has 3 aromatic rings. The second kappa shape index (κ2) is 8.67. The van der Waals surface area contributed by atoms with Crippen LogP contribution in [0.15, 0.2) is 59.0 Å². The molecule has 2 aromatic carbocycles. The van der Waals surface area contributed by atoms with Crippen molar-refractivity contribution < 1.29 is 18.4 Å². The molecule has 1 fully saturated rings. The van der Waals surface area contributed by atoms with Crippen molar-refractivity contribution in [1.82, 2.24) is 10.2 Å². The molecule has 3 heterocycles. The van der Waals surface area contributed by atoms with Gasteiger partial charge in [-0.25, -0.2) is 4.39 Å². The number of carbonyl (C=O) groups excluding carboxylic acids is 2. The van der Waals surface area contributed by atoms with Gasteiger partial charge in [0.25, 0.3) is 11.8 Å². The van der Waals surface area contributed by atoms with Gasteiger partial charge in [0.05, 0.1) is 11.1 Å². The fraction of sp³-hybridized carbons (Fsp3) is 0.231. The third kappa shape index (κ3) is 4.32. The number of anilines is 1. The summed E-state index contributed by atoms with van der Waals surface area (Å²) in [4.78, 5) is 27.6. The number of hydrogen-bond acceptors (Lipinski definition) is 4. The van der Waals surface area contributed by atoms with Gasteiger partial charge in [-0.3, -0.25) is 9.59 Å². The minimum Gasteiger partial charge on any atom is -0.457 e. The van der Waals surface area contributed by atoms with Gasteiger partial charge in [-0.2, -0.15) is 0 Å². The molecule has 6 nitrogen and oxygen atoms in total. The molecule has 0 aliphatic carbocycles. The van der Waals surface area contributed by atoms with Gasteiger partial charge in [0.1, 0.15) is 17.3 Å². The number of likely N-dealkylation sites (N-methyl/N-ethyl adjacent to an activating group) is 1. The molecule has 1 aromatic heterocycles. The molecule has 7 heteroatoms. The van der Waals surface area contributed by atoms with Crippen molar-refractivity contribution in [2.24, 2.45) is 0 Å². The molecule has 1 unspecified atom stereocenters. The fourth-order valence-corrected chi connectivity index (χ4v) is 4.46. The summed E-state index contributed by atoms with van der Waals surface area (Å²) < 4.78 is 19.7. The van der Waals surface area contributed by atoms with E-state index in [1.165, 1.54) is 18.2 Å². The second-order valence-corrected chi connectivity index (χ2v) is 8.52. The molecule has 2 aliphatic rings. The Morgan fingerprint density at radius 2 is 2.03 bits per heavy atom. The molecule has 0 radical (unpaired) electrons. The molecule has 2 aliphatic heterocycles. The molecule has 5 rings (SSSR count). The lowest BCUT2D eigenvalue weighted by molar-refractivity contribution is -0.110. The van der Waals surface area contributed by atoms with Crippen molar-refractivity contribution >= 4 is 29.2 Å².